The van der Waals surface area contributed by atoms with Gasteiger partial charge < -0.3 is 10.2 Å². The number of hydrogen-bond acceptors (Lipinski definition) is 2. The minimum atomic E-state index is -0.686. The van der Waals surface area contributed by atoms with Crippen molar-refractivity contribution in [1.29, 1.82) is 0 Å². The number of carbonyl (C=O) groups is 2. The Balaban J connectivity index is 2.15. The number of hydrogen-bond donors (Lipinski definition) is 1. The molecule has 1 saturated heterocycles. The third-order valence-corrected chi connectivity index (χ3v) is 4.48. The molecule has 1 aliphatic rings. The van der Waals surface area contributed by atoms with Crippen LogP contribution >= 0.6 is 11.6 Å². The Hall–Kier alpha value is -1.62. The van der Waals surface area contributed by atoms with Gasteiger partial charge in [0.2, 0.25) is 5.91 Å². The Labute approximate surface area is 147 Å². The SMILES string of the molecule is CC(C)C[C@@H](NC(=O)c1c(F)cccc1Cl)C(=O)N1CCCCC1. The fourth-order valence-electron chi connectivity index (χ4n) is 2.97. The molecule has 1 heterocycles. The molecule has 24 heavy (non-hydrogen) atoms. The fourth-order valence-corrected chi connectivity index (χ4v) is 3.22. The molecule has 0 saturated carbocycles. The van der Waals surface area contributed by atoms with E-state index in [1.807, 2.05) is 13.8 Å². The number of nitrogens with one attached hydrogen (secondary N) is 1. The van der Waals surface area contributed by atoms with E-state index in [1.165, 1.54) is 18.2 Å². The maximum absolute atomic E-state index is 13.9. The molecule has 2 amide bonds. The average molecular weight is 355 g/mol. The molecule has 2 rings (SSSR count). The number of nitrogens with zero attached hydrogens (tertiary/aromatic N) is 1. The third kappa shape index (κ3) is 4.69. The van der Waals surface area contributed by atoms with Crippen LogP contribution in [0.5, 0.6) is 0 Å². The van der Waals surface area contributed by atoms with E-state index in [1.54, 1.807) is 4.90 Å². The van der Waals surface area contributed by atoms with Gasteiger partial charge in [0.25, 0.3) is 5.91 Å². The van der Waals surface area contributed by atoms with Gasteiger partial charge >= 0.3 is 0 Å². The molecule has 0 spiro atoms. The van der Waals surface area contributed by atoms with Gasteiger partial charge in [-0.15, -0.1) is 0 Å². The monoisotopic (exact) mass is 354 g/mol. The smallest absolute Gasteiger partial charge is 0.256 e. The highest BCUT2D eigenvalue weighted by Crippen LogP contribution is 2.20. The number of likely N-dealkylation sites (tertiary alicyclic amines) is 1. The zero-order valence-corrected chi connectivity index (χ0v) is 14.9. The Morgan fingerprint density at radius 2 is 1.92 bits per heavy atom. The quantitative estimate of drug-likeness (QED) is 0.877. The molecule has 0 radical (unpaired) electrons. The Kier molecular flexibility index (Phi) is 6.60. The van der Waals surface area contributed by atoms with Crippen LogP contribution in [0.3, 0.4) is 0 Å². The van der Waals surface area contributed by atoms with Crippen molar-refractivity contribution in [3.8, 4) is 0 Å². The van der Waals surface area contributed by atoms with Gasteiger partial charge in [-0.05, 0) is 43.7 Å². The topological polar surface area (TPSA) is 49.4 Å². The molecule has 1 aromatic rings. The zero-order chi connectivity index (χ0) is 17.7. The van der Waals surface area contributed by atoms with Crippen molar-refractivity contribution >= 4 is 23.4 Å². The van der Waals surface area contributed by atoms with E-state index >= 15 is 0 Å². The van der Waals surface area contributed by atoms with Gasteiger partial charge in [-0.1, -0.05) is 31.5 Å². The van der Waals surface area contributed by atoms with E-state index in [0.717, 1.165) is 19.3 Å². The van der Waals surface area contributed by atoms with Crippen LogP contribution in [0, 0.1) is 11.7 Å². The van der Waals surface area contributed by atoms with Gasteiger partial charge in [-0.3, -0.25) is 9.59 Å². The van der Waals surface area contributed by atoms with E-state index < -0.39 is 17.8 Å². The summed E-state index contributed by atoms with van der Waals surface area (Å²) in [6, 6.07) is 3.43. The normalized spacial score (nSPS) is 16.1. The molecule has 1 fully saturated rings. The van der Waals surface area contributed by atoms with Crippen molar-refractivity contribution < 1.29 is 14.0 Å². The summed E-state index contributed by atoms with van der Waals surface area (Å²) in [7, 11) is 0. The van der Waals surface area contributed by atoms with Crippen LogP contribution in [0.1, 0.15) is 49.9 Å². The molecule has 1 atom stereocenters. The Morgan fingerprint density at radius 3 is 2.50 bits per heavy atom. The standard InChI is InChI=1S/C18H24ClFN2O2/c1-12(2)11-15(18(24)22-9-4-3-5-10-22)21-17(23)16-13(19)7-6-8-14(16)20/h6-8,12,15H,3-5,9-11H2,1-2H3,(H,21,23)/t15-/m1/s1. The van der Waals surface area contributed by atoms with Crippen molar-refractivity contribution in [1.82, 2.24) is 10.2 Å². The van der Waals surface area contributed by atoms with Gasteiger partial charge in [0.1, 0.15) is 11.9 Å². The van der Waals surface area contributed by atoms with Gasteiger partial charge in [-0.2, -0.15) is 0 Å². The van der Waals surface area contributed by atoms with Crippen LogP contribution in [-0.4, -0.2) is 35.8 Å². The molecule has 0 aliphatic carbocycles. The van der Waals surface area contributed by atoms with Crippen LogP contribution in [0.25, 0.3) is 0 Å². The van der Waals surface area contributed by atoms with Crippen molar-refractivity contribution in [2.45, 2.75) is 45.6 Å². The molecular formula is C18H24ClFN2O2. The summed E-state index contributed by atoms with van der Waals surface area (Å²) in [5, 5.41) is 2.73. The summed E-state index contributed by atoms with van der Waals surface area (Å²) >= 11 is 5.95. The van der Waals surface area contributed by atoms with Crippen molar-refractivity contribution in [3.05, 3.63) is 34.6 Å². The molecule has 6 heteroatoms. The number of carbonyl (C=O) groups excluding carboxylic acids is 2. The first-order chi connectivity index (χ1) is 11.4. The molecular weight excluding hydrogens is 331 g/mol. The minimum absolute atomic E-state index is 0.0428. The predicted octanol–water partition coefficient (Wildman–Crippen LogP) is 3.64. The minimum Gasteiger partial charge on any atom is -0.341 e. The number of amides is 2. The molecule has 1 N–H and O–H groups in total. The summed E-state index contributed by atoms with van der Waals surface area (Å²) in [6.45, 7) is 5.39. The maximum Gasteiger partial charge on any atom is 0.256 e. The summed E-state index contributed by atoms with van der Waals surface area (Å²) in [4.78, 5) is 27.0. The van der Waals surface area contributed by atoms with E-state index in [9.17, 15) is 14.0 Å². The first-order valence-corrected chi connectivity index (χ1v) is 8.81. The summed E-state index contributed by atoms with van der Waals surface area (Å²) in [5.74, 6) is -1.20. The molecule has 1 aliphatic heterocycles. The van der Waals surface area contributed by atoms with Crippen LogP contribution in [0.4, 0.5) is 4.39 Å². The molecule has 4 nitrogen and oxygen atoms in total. The van der Waals surface area contributed by atoms with Gasteiger partial charge in [0.15, 0.2) is 0 Å². The summed E-state index contributed by atoms with van der Waals surface area (Å²) < 4.78 is 13.9. The zero-order valence-electron chi connectivity index (χ0n) is 14.1. The molecule has 0 unspecified atom stereocenters. The van der Waals surface area contributed by atoms with Gasteiger partial charge in [-0.25, -0.2) is 4.39 Å². The highest BCUT2D eigenvalue weighted by Gasteiger charge is 2.29. The van der Waals surface area contributed by atoms with Crippen molar-refractivity contribution in [2.24, 2.45) is 5.92 Å². The number of piperidine rings is 1. The maximum atomic E-state index is 13.9. The van der Waals surface area contributed by atoms with E-state index in [0.29, 0.717) is 19.5 Å². The van der Waals surface area contributed by atoms with Crippen LogP contribution < -0.4 is 5.32 Å². The molecule has 0 aromatic heterocycles. The lowest BCUT2D eigenvalue weighted by atomic mass is 10.0. The highest BCUT2D eigenvalue weighted by atomic mass is 35.5. The molecule has 1 aromatic carbocycles. The lowest BCUT2D eigenvalue weighted by Gasteiger charge is -2.31. The van der Waals surface area contributed by atoms with Crippen LogP contribution in [0.15, 0.2) is 18.2 Å². The third-order valence-electron chi connectivity index (χ3n) is 4.17. The van der Waals surface area contributed by atoms with E-state index in [2.05, 4.69) is 5.32 Å². The van der Waals surface area contributed by atoms with Gasteiger partial charge in [0.05, 0.1) is 10.6 Å². The average Bonchev–Trinajstić information content (AvgIpc) is 2.54. The van der Waals surface area contributed by atoms with E-state index in [-0.39, 0.29) is 22.4 Å². The number of halogens is 2. The predicted molar refractivity (Wildman–Crippen MR) is 92.6 cm³/mol. The van der Waals surface area contributed by atoms with E-state index in [4.69, 9.17) is 11.6 Å². The van der Waals surface area contributed by atoms with Crippen LogP contribution in [0.2, 0.25) is 5.02 Å². The number of rotatable bonds is 5. The Morgan fingerprint density at radius 1 is 1.25 bits per heavy atom. The largest absolute Gasteiger partial charge is 0.341 e. The highest BCUT2D eigenvalue weighted by molar-refractivity contribution is 6.33. The summed E-state index contributed by atoms with van der Waals surface area (Å²) in [5.41, 5.74) is -0.209. The van der Waals surface area contributed by atoms with Crippen LogP contribution in [-0.2, 0) is 4.79 Å². The summed E-state index contributed by atoms with van der Waals surface area (Å²) in [6.07, 6.45) is 3.59. The van der Waals surface area contributed by atoms with Crippen molar-refractivity contribution in [2.75, 3.05) is 13.1 Å². The lowest BCUT2D eigenvalue weighted by molar-refractivity contribution is -0.134. The van der Waals surface area contributed by atoms with Gasteiger partial charge in [0, 0.05) is 13.1 Å². The second-order valence-electron chi connectivity index (χ2n) is 6.64. The molecule has 132 valence electrons. The first-order valence-electron chi connectivity index (χ1n) is 8.43. The second-order valence-corrected chi connectivity index (χ2v) is 7.05. The van der Waals surface area contributed by atoms with Crippen molar-refractivity contribution in [3.63, 3.8) is 0 Å². The fraction of sp³-hybridized carbons (Fsp3) is 0.556. The first kappa shape index (κ1) is 18.7. The second kappa shape index (κ2) is 8.47. The lowest BCUT2D eigenvalue weighted by Crippen LogP contribution is -2.50. The Bertz CT molecular complexity index is 580. The number of benzene rings is 1. The molecule has 0 bridgehead atoms.